The fraction of sp³-hybridized carbons (Fsp3) is 0.130. The molecule has 0 saturated carbocycles. The first-order valence-electron chi connectivity index (χ1n) is 8.59. The fourth-order valence-electron chi connectivity index (χ4n) is 4.36. The number of halogens is 1. The molecule has 122 valence electrons. The monoisotopic (exact) mass is 387 g/mol. The van der Waals surface area contributed by atoms with Crippen molar-refractivity contribution in [2.75, 3.05) is 0 Å². The molecule has 1 nitrogen and oxygen atoms in total. The SMILES string of the molecule is CC1(C)c2ccc(Br)cc2-c2c1c1ccccc1n2-c1ccccc1. The van der Waals surface area contributed by atoms with Crippen molar-refractivity contribution in [1.82, 2.24) is 4.57 Å². The molecule has 0 atom stereocenters. The van der Waals surface area contributed by atoms with Crippen LogP contribution in [0.5, 0.6) is 0 Å². The van der Waals surface area contributed by atoms with Crippen molar-refractivity contribution in [3.63, 3.8) is 0 Å². The summed E-state index contributed by atoms with van der Waals surface area (Å²) in [5.74, 6) is 0. The minimum Gasteiger partial charge on any atom is -0.309 e. The van der Waals surface area contributed by atoms with E-state index in [2.05, 4.69) is 107 Å². The third-order valence-corrected chi connectivity index (χ3v) is 5.92. The van der Waals surface area contributed by atoms with Gasteiger partial charge in [-0.1, -0.05) is 72.2 Å². The lowest BCUT2D eigenvalue weighted by atomic mass is 9.81. The van der Waals surface area contributed by atoms with E-state index in [-0.39, 0.29) is 5.41 Å². The Morgan fingerprint density at radius 3 is 2.36 bits per heavy atom. The normalized spacial score (nSPS) is 14.5. The summed E-state index contributed by atoms with van der Waals surface area (Å²) in [5.41, 5.74) is 7.96. The number of fused-ring (bicyclic) bond motifs is 5. The Hall–Kier alpha value is -2.32. The average molecular weight is 388 g/mol. The summed E-state index contributed by atoms with van der Waals surface area (Å²) in [6.45, 7) is 4.68. The topological polar surface area (TPSA) is 4.93 Å². The van der Waals surface area contributed by atoms with E-state index >= 15 is 0 Å². The number of hydrogen-bond acceptors (Lipinski definition) is 0. The van der Waals surface area contributed by atoms with Crippen LogP contribution in [0.25, 0.3) is 27.8 Å². The number of para-hydroxylation sites is 2. The lowest BCUT2D eigenvalue weighted by Gasteiger charge is -2.21. The molecule has 0 aliphatic heterocycles. The van der Waals surface area contributed by atoms with Gasteiger partial charge in [0.05, 0.1) is 11.2 Å². The van der Waals surface area contributed by atoms with Gasteiger partial charge >= 0.3 is 0 Å². The van der Waals surface area contributed by atoms with Gasteiger partial charge in [-0.15, -0.1) is 0 Å². The van der Waals surface area contributed by atoms with Gasteiger partial charge in [0.2, 0.25) is 0 Å². The molecule has 1 heterocycles. The zero-order chi connectivity index (χ0) is 17.2. The summed E-state index contributed by atoms with van der Waals surface area (Å²) >= 11 is 3.67. The summed E-state index contributed by atoms with van der Waals surface area (Å²) in [4.78, 5) is 0. The van der Waals surface area contributed by atoms with Crippen LogP contribution in [0, 0.1) is 0 Å². The quantitative estimate of drug-likeness (QED) is 0.342. The van der Waals surface area contributed by atoms with Crippen LogP contribution in [0.3, 0.4) is 0 Å². The zero-order valence-electron chi connectivity index (χ0n) is 14.3. The molecule has 5 rings (SSSR count). The highest BCUT2D eigenvalue weighted by molar-refractivity contribution is 9.10. The summed E-state index contributed by atoms with van der Waals surface area (Å²) in [6, 6.07) is 26.1. The number of hydrogen-bond donors (Lipinski definition) is 0. The fourth-order valence-corrected chi connectivity index (χ4v) is 4.73. The minimum atomic E-state index is -0.00893. The van der Waals surface area contributed by atoms with Crippen molar-refractivity contribution in [3.05, 3.63) is 88.4 Å². The van der Waals surface area contributed by atoms with Crippen LogP contribution < -0.4 is 0 Å². The lowest BCUT2D eigenvalue weighted by Crippen LogP contribution is -2.14. The van der Waals surface area contributed by atoms with Gasteiger partial charge in [-0.25, -0.2) is 0 Å². The number of aromatic nitrogens is 1. The third-order valence-electron chi connectivity index (χ3n) is 5.42. The summed E-state index contributed by atoms with van der Waals surface area (Å²) in [7, 11) is 0. The van der Waals surface area contributed by atoms with E-state index < -0.39 is 0 Å². The predicted octanol–water partition coefficient (Wildman–Crippen LogP) is 6.70. The van der Waals surface area contributed by atoms with Crippen molar-refractivity contribution in [3.8, 4) is 16.9 Å². The van der Waals surface area contributed by atoms with Crippen LogP contribution in [0.2, 0.25) is 0 Å². The Kier molecular flexibility index (Phi) is 3.05. The van der Waals surface area contributed by atoms with E-state index in [0.29, 0.717) is 0 Å². The largest absolute Gasteiger partial charge is 0.309 e. The second-order valence-electron chi connectivity index (χ2n) is 7.23. The van der Waals surface area contributed by atoms with Crippen LogP contribution in [0.1, 0.15) is 25.0 Å². The second-order valence-corrected chi connectivity index (χ2v) is 8.14. The zero-order valence-corrected chi connectivity index (χ0v) is 15.8. The molecule has 0 unspecified atom stereocenters. The first kappa shape index (κ1) is 15.0. The van der Waals surface area contributed by atoms with Gasteiger partial charge in [0, 0.05) is 26.5 Å². The highest BCUT2D eigenvalue weighted by atomic mass is 79.9. The standard InChI is InChI=1S/C23H18BrN/c1-23(2)19-13-12-15(24)14-18(19)22-21(23)17-10-6-7-11-20(17)25(22)16-8-4-3-5-9-16/h3-14H,1-2H3. The predicted molar refractivity (Wildman–Crippen MR) is 109 cm³/mol. The van der Waals surface area contributed by atoms with Crippen molar-refractivity contribution in [2.45, 2.75) is 19.3 Å². The van der Waals surface area contributed by atoms with Gasteiger partial charge < -0.3 is 4.57 Å². The molecule has 0 amide bonds. The van der Waals surface area contributed by atoms with Crippen molar-refractivity contribution >= 4 is 26.8 Å². The first-order chi connectivity index (χ1) is 12.1. The second kappa shape index (κ2) is 5.09. The Balaban J connectivity index is 2.01. The molecule has 0 saturated heterocycles. The number of nitrogens with zero attached hydrogens (tertiary/aromatic N) is 1. The number of benzene rings is 3. The molecule has 3 aromatic carbocycles. The van der Waals surface area contributed by atoms with Crippen molar-refractivity contribution in [1.29, 1.82) is 0 Å². The smallest absolute Gasteiger partial charge is 0.0585 e. The van der Waals surface area contributed by atoms with Gasteiger partial charge in [0.25, 0.3) is 0 Å². The molecule has 1 aliphatic carbocycles. The Bertz CT molecular complexity index is 1120. The van der Waals surface area contributed by atoms with Crippen molar-refractivity contribution < 1.29 is 0 Å². The average Bonchev–Trinajstić information content (AvgIpc) is 3.07. The van der Waals surface area contributed by atoms with Crippen LogP contribution >= 0.6 is 15.9 Å². The molecule has 1 aromatic heterocycles. The van der Waals surface area contributed by atoms with E-state index in [1.807, 2.05) is 0 Å². The Labute approximate surface area is 156 Å². The summed E-state index contributed by atoms with van der Waals surface area (Å²) < 4.78 is 3.55. The van der Waals surface area contributed by atoms with E-state index in [1.165, 1.54) is 39.0 Å². The number of rotatable bonds is 1. The summed E-state index contributed by atoms with van der Waals surface area (Å²) in [6.07, 6.45) is 0. The molecule has 1 aliphatic rings. The molecule has 0 N–H and O–H groups in total. The van der Waals surface area contributed by atoms with Gasteiger partial charge in [0.15, 0.2) is 0 Å². The van der Waals surface area contributed by atoms with Crippen LogP contribution in [0.15, 0.2) is 77.3 Å². The van der Waals surface area contributed by atoms with Gasteiger partial charge in [-0.2, -0.15) is 0 Å². The van der Waals surface area contributed by atoms with E-state index in [0.717, 1.165) is 4.47 Å². The maximum atomic E-state index is 3.67. The Morgan fingerprint density at radius 1 is 0.840 bits per heavy atom. The first-order valence-corrected chi connectivity index (χ1v) is 9.38. The van der Waals surface area contributed by atoms with Crippen LogP contribution in [-0.4, -0.2) is 4.57 Å². The van der Waals surface area contributed by atoms with E-state index in [4.69, 9.17) is 0 Å². The molecule has 0 bridgehead atoms. The summed E-state index contributed by atoms with van der Waals surface area (Å²) in [5, 5.41) is 1.35. The minimum absolute atomic E-state index is 0.00893. The Morgan fingerprint density at radius 2 is 1.56 bits per heavy atom. The molecule has 0 radical (unpaired) electrons. The molecular weight excluding hydrogens is 370 g/mol. The van der Waals surface area contributed by atoms with Gasteiger partial charge in [0.1, 0.15) is 0 Å². The highest BCUT2D eigenvalue weighted by Gasteiger charge is 2.40. The van der Waals surface area contributed by atoms with Gasteiger partial charge in [-0.3, -0.25) is 0 Å². The molecule has 4 aromatic rings. The van der Waals surface area contributed by atoms with Crippen LogP contribution in [-0.2, 0) is 5.41 Å². The maximum Gasteiger partial charge on any atom is 0.0585 e. The van der Waals surface area contributed by atoms with E-state index in [9.17, 15) is 0 Å². The molecular formula is C23H18BrN. The maximum absolute atomic E-state index is 3.67. The van der Waals surface area contributed by atoms with Gasteiger partial charge in [-0.05, 0) is 41.5 Å². The highest BCUT2D eigenvalue weighted by Crippen LogP contribution is 2.53. The molecule has 0 spiro atoms. The van der Waals surface area contributed by atoms with Crippen LogP contribution in [0.4, 0.5) is 0 Å². The molecule has 0 fully saturated rings. The van der Waals surface area contributed by atoms with Crippen molar-refractivity contribution in [2.24, 2.45) is 0 Å². The lowest BCUT2D eigenvalue weighted by molar-refractivity contribution is 0.666. The van der Waals surface area contributed by atoms with E-state index in [1.54, 1.807) is 0 Å². The molecule has 2 heteroatoms. The molecule has 25 heavy (non-hydrogen) atoms. The third kappa shape index (κ3) is 1.95.